The molecule has 1 aliphatic heterocycles. The van der Waals surface area contributed by atoms with Crippen LogP contribution in [-0.4, -0.2) is 14.5 Å². The van der Waals surface area contributed by atoms with Crippen molar-refractivity contribution in [1.82, 2.24) is 14.5 Å². The fourth-order valence-corrected chi connectivity index (χ4v) is 10.3. The molecule has 0 bridgehead atoms. The maximum atomic E-state index is 14.8. The van der Waals surface area contributed by atoms with E-state index in [1.165, 1.54) is 21.8 Å². The molecule has 3 heterocycles. The molecule has 6 heteroatoms. The molecule has 0 radical (unpaired) electrons. The molecule has 0 spiro atoms. The van der Waals surface area contributed by atoms with Gasteiger partial charge in [-0.3, -0.25) is 0 Å². The van der Waals surface area contributed by atoms with E-state index in [-0.39, 0.29) is 0 Å². The van der Waals surface area contributed by atoms with Gasteiger partial charge < -0.3 is 14.0 Å². The lowest BCUT2D eigenvalue weighted by Crippen LogP contribution is -2.24. The Bertz CT molecular complexity index is 2760. The third-order valence-corrected chi connectivity index (χ3v) is 13.2. The molecule has 5 nitrogen and oxygen atoms in total. The Hall–Kier alpha value is -6.55. The minimum absolute atomic E-state index is 0.648. The maximum Gasteiger partial charge on any atom is 0.171 e. The van der Waals surface area contributed by atoms with E-state index in [0.29, 0.717) is 5.82 Å². The molecule has 0 N–H and O–H groups in total. The van der Waals surface area contributed by atoms with Crippen LogP contribution in [0.15, 0.2) is 188 Å². The molecule has 0 saturated carbocycles. The summed E-state index contributed by atoms with van der Waals surface area (Å²) in [7, 11) is -3.05. The summed E-state index contributed by atoms with van der Waals surface area (Å²) in [5.41, 5.74) is 9.56. The number of rotatable bonds is 6. The highest BCUT2D eigenvalue weighted by molar-refractivity contribution is 7.85. The summed E-state index contributed by atoms with van der Waals surface area (Å²) >= 11 is 0. The molecule has 0 atom stereocenters. The van der Waals surface area contributed by atoms with Crippen molar-refractivity contribution >= 4 is 61.9 Å². The van der Waals surface area contributed by atoms with Crippen molar-refractivity contribution < 1.29 is 4.57 Å². The zero-order valence-corrected chi connectivity index (χ0v) is 28.9. The molecule has 0 unspecified atom stereocenters. The molecule has 0 amide bonds. The Balaban J connectivity index is 1.03. The average molecular weight is 687 g/mol. The zero-order valence-electron chi connectivity index (χ0n) is 28.0. The number of aromatic nitrogens is 3. The van der Waals surface area contributed by atoms with Crippen LogP contribution in [0.4, 0.5) is 17.1 Å². The van der Waals surface area contributed by atoms with Crippen molar-refractivity contribution in [2.24, 2.45) is 0 Å². The Morgan fingerprint density at radius 2 is 1.02 bits per heavy atom. The first-order valence-electron chi connectivity index (χ1n) is 17.3. The number of hydrogen-bond donors (Lipinski definition) is 0. The van der Waals surface area contributed by atoms with Crippen molar-refractivity contribution in [3.05, 3.63) is 188 Å². The maximum absolute atomic E-state index is 14.8. The lowest BCUT2D eigenvalue weighted by molar-refractivity contribution is 0.592. The summed E-state index contributed by atoms with van der Waals surface area (Å²) in [5, 5.41) is 4.89. The fourth-order valence-electron chi connectivity index (χ4n) is 7.66. The van der Waals surface area contributed by atoms with Crippen LogP contribution in [0.5, 0.6) is 0 Å². The van der Waals surface area contributed by atoms with Gasteiger partial charge in [-0.1, -0.05) is 133 Å². The monoisotopic (exact) mass is 686 g/mol. The van der Waals surface area contributed by atoms with Crippen LogP contribution in [0.3, 0.4) is 0 Å². The smallest absolute Gasteiger partial charge is 0.171 e. The van der Waals surface area contributed by atoms with Crippen LogP contribution in [0.1, 0.15) is 0 Å². The summed E-state index contributed by atoms with van der Waals surface area (Å²) in [6.07, 6.45) is 3.75. The molecule has 0 fully saturated rings. The van der Waals surface area contributed by atoms with Crippen LogP contribution in [0, 0.1) is 0 Å². The second-order valence-electron chi connectivity index (χ2n) is 13.0. The van der Waals surface area contributed by atoms with Crippen molar-refractivity contribution in [3.8, 4) is 28.2 Å². The van der Waals surface area contributed by atoms with Gasteiger partial charge in [-0.25, -0.2) is 9.97 Å². The molecular weight excluding hydrogens is 656 g/mol. The van der Waals surface area contributed by atoms with Crippen molar-refractivity contribution in [3.63, 3.8) is 0 Å². The summed E-state index contributed by atoms with van der Waals surface area (Å²) < 4.78 is 17.2. The zero-order chi connectivity index (χ0) is 34.6. The highest BCUT2D eigenvalue weighted by Gasteiger charge is 2.30. The van der Waals surface area contributed by atoms with E-state index < -0.39 is 7.14 Å². The Kier molecular flexibility index (Phi) is 7.02. The molecule has 9 aromatic rings. The summed E-state index contributed by atoms with van der Waals surface area (Å²) in [6, 6.07) is 59.7. The van der Waals surface area contributed by atoms with Crippen molar-refractivity contribution in [2.75, 3.05) is 4.90 Å². The van der Waals surface area contributed by atoms with Gasteiger partial charge in [0.25, 0.3) is 0 Å². The topological polar surface area (TPSA) is 51.0 Å². The number of nitrogens with zero attached hydrogens (tertiary/aromatic N) is 4. The lowest BCUT2D eigenvalue weighted by atomic mass is 10.0. The summed E-state index contributed by atoms with van der Waals surface area (Å²) in [5.74, 6) is 0.648. The minimum atomic E-state index is -3.05. The van der Waals surface area contributed by atoms with E-state index in [0.717, 1.165) is 55.4 Å². The highest BCUT2D eigenvalue weighted by atomic mass is 31.2. The number of anilines is 3. The first kappa shape index (κ1) is 30.3. The van der Waals surface area contributed by atoms with Crippen LogP contribution in [0.25, 0.3) is 50.0 Å². The van der Waals surface area contributed by atoms with Gasteiger partial charge >= 0.3 is 0 Å². The van der Waals surface area contributed by atoms with E-state index >= 15 is 0 Å². The van der Waals surface area contributed by atoms with Gasteiger partial charge in [-0.15, -0.1) is 0 Å². The second kappa shape index (κ2) is 12.1. The Morgan fingerprint density at radius 3 is 1.71 bits per heavy atom. The molecule has 0 saturated heterocycles. The molecule has 246 valence electrons. The van der Waals surface area contributed by atoms with Gasteiger partial charge in [-0.2, -0.15) is 0 Å². The predicted octanol–water partition coefficient (Wildman–Crippen LogP) is 10.3. The third-order valence-electron chi connectivity index (χ3n) is 10.1. The van der Waals surface area contributed by atoms with Crippen molar-refractivity contribution in [1.29, 1.82) is 0 Å². The average Bonchev–Trinajstić information content (AvgIpc) is 3.57. The first-order valence-corrected chi connectivity index (χ1v) is 19.1. The normalized spacial score (nSPS) is 12.3. The Morgan fingerprint density at radius 1 is 0.442 bits per heavy atom. The van der Waals surface area contributed by atoms with Crippen LogP contribution in [0.2, 0.25) is 0 Å². The molecule has 2 aromatic heterocycles. The molecule has 0 aliphatic carbocycles. The number of benzene rings is 7. The first-order chi connectivity index (χ1) is 25.7. The summed E-state index contributed by atoms with van der Waals surface area (Å²) in [4.78, 5) is 12.1. The van der Waals surface area contributed by atoms with E-state index in [4.69, 9.17) is 9.97 Å². The van der Waals surface area contributed by atoms with Gasteiger partial charge in [0.15, 0.2) is 13.0 Å². The number of para-hydroxylation sites is 3. The van der Waals surface area contributed by atoms with E-state index in [2.05, 4.69) is 100 Å². The van der Waals surface area contributed by atoms with Gasteiger partial charge in [0.1, 0.15) is 0 Å². The fraction of sp³-hybridized carbons (Fsp3) is 0. The van der Waals surface area contributed by atoms with Gasteiger partial charge in [0.2, 0.25) is 0 Å². The largest absolute Gasteiger partial charge is 0.309 e. The van der Waals surface area contributed by atoms with E-state index in [1.807, 2.05) is 97.3 Å². The predicted molar refractivity (Wildman–Crippen MR) is 215 cm³/mol. The van der Waals surface area contributed by atoms with Gasteiger partial charge in [0, 0.05) is 55.9 Å². The van der Waals surface area contributed by atoms with Gasteiger partial charge in [0.05, 0.1) is 28.1 Å². The Labute approximate surface area is 301 Å². The van der Waals surface area contributed by atoms with Crippen LogP contribution < -0.4 is 20.8 Å². The van der Waals surface area contributed by atoms with Crippen molar-refractivity contribution in [2.45, 2.75) is 0 Å². The minimum Gasteiger partial charge on any atom is -0.309 e. The second-order valence-corrected chi connectivity index (χ2v) is 15.8. The SMILES string of the molecule is O=P(c1ccccc1)(c1ccccc1)c1ccc(-c2cnc(-c3ccc4c(c3)N(c3ccccc3)c3cccc5c6ccccc6n-4c35)nc2)cc1. The standard InChI is InChI=1S/C46H31N4OP/c51-52(36-15-6-2-7-16-36,37-17-8-3-9-18-37)38-26-23-32(24-27-38)34-30-47-46(48-31-34)33-25-28-42-44(29-33)49(35-13-4-1-5-14-35)43-22-12-20-40-39-19-10-11-21-41(39)50(42)45(40)43/h1-31H. The molecule has 52 heavy (non-hydrogen) atoms. The quantitative estimate of drug-likeness (QED) is 0.163. The number of fused-ring (bicyclic) bond motifs is 5. The molecular formula is C46H31N4OP. The molecule has 7 aromatic carbocycles. The molecule has 1 aliphatic rings. The third kappa shape index (κ3) is 4.67. The van der Waals surface area contributed by atoms with Crippen LogP contribution >= 0.6 is 7.14 Å². The number of hydrogen-bond acceptors (Lipinski definition) is 4. The van der Waals surface area contributed by atoms with Gasteiger partial charge in [-0.05, 0) is 48.0 Å². The summed E-state index contributed by atoms with van der Waals surface area (Å²) in [6.45, 7) is 0. The van der Waals surface area contributed by atoms with Crippen LogP contribution in [-0.2, 0) is 4.57 Å². The lowest BCUT2D eigenvalue weighted by Gasteiger charge is -2.33. The molecule has 10 rings (SSSR count). The van der Waals surface area contributed by atoms with E-state index in [9.17, 15) is 4.57 Å². The van der Waals surface area contributed by atoms with E-state index in [1.54, 1.807) is 0 Å². The highest BCUT2D eigenvalue weighted by Crippen LogP contribution is 2.50.